The lowest BCUT2D eigenvalue weighted by Crippen LogP contribution is -2.43. The molecule has 0 aliphatic heterocycles. The van der Waals surface area contributed by atoms with Crippen LogP contribution in [0.25, 0.3) is 0 Å². The van der Waals surface area contributed by atoms with Crippen molar-refractivity contribution < 1.29 is 14.3 Å². The summed E-state index contributed by atoms with van der Waals surface area (Å²) in [5, 5.41) is 9.59. The Bertz CT molecular complexity index is 410. The van der Waals surface area contributed by atoms with Crippen molar-refractivity contribution in [3.63, 3.8) is 0 Å². The normalized spacial score (nSPS) is 14.2. The third-order valence-corrected chi connectivity index (χ3v) is 8.14. The molecule has 1 N–H and O–H groups in total. The Balaban J connectivity index is 2.51. The zero-order valence-electron chi connectivity index (χ0n) is 12.9. The Morgan fingerprint density at radius 2 is 1.89 bits per heavy atom. The van der Waals surface area contributed by atoms with Gasteiger partial charge in [-0.2, -0.15) is 0 Å². The summed E-state index contributed by atoms with van der Waals surface area (Å²) in [6, 6.07) is 6.85. The number of ether oxygens (including phenoxy) is 1. The molecule has 0 aliphatic carbocycles. The van der Waals surface area contributed by atoms with Crippen molar-refractivity contribution in [1.82, 2.24) is 0 Å². The highest BCUT2D eigenvalue weighted by Crippen LogP contribution is 2.36. The number of benzene rings is 1. The molecule has 1 aromatic rings. The molecule has 0 fully saturated rings. The topological polar surface area (TPSA) is 38.7 Å². The molecule has 0 saturated heterocycles. The second kappa shape index (κ2) is 5.97. The fourth-order valence-corrected chi connectivity index (χ4v) is 2.45. The van der Waals surface area contributed by atoms with Crippen molar-refractivity contribution in [2.24, 2.45) is 0 Å². The lowest BCUT2D eigenvalue weighted by molar-refractivity contribution is 0.134. The van der Waals surface area contributed by atoms with E-state index in [4.69, 9.17) is 9.16 Å². The standard InChI is InChI=1S/C15H26O3Si/c1-12(11-17-19(5,6)15(2,3)4)18-14-9-7-8-13(16)10-14/h7-10,12,16H,11H2,1-6H3/t12-/m0/s1. The summed E-state index contributed by atoms with van der Waals surface area (Å²) in [6.45, 7) is 13.7. The maximum Gasteiger partial charge on any atom is 0.192 e. The molecule has 0 spiro atoms. The third kappa shape index (κ3) is 4.88. The number of rotatable bonds is 5. The SMILES string of the molecule is C[C@@H](CO[Si](C)(C)C(C)(C)C)Oc1cccc(O)c1. The quantitative estimate of drug-likeness (QED) is 0.823. The molecular weight excluding hydrogens is 256 g/mol. The van der Waals surface area contributed by atoms with E-state index in [1.807, 2.05) is 13.0 Å². The molecule has 0 aromatic heterocycles. The van der Waals surface area contributed by atoms with Gasteiger partial charge in [-0.1, -0.05) is 26.8 Å². The van der Waals surface area contributed by atoms with Crippen molar-refractivity contribution in [1.29, 1.82) is 0 Å². The van der Waals surface area contributed by atoms with Crippen LogP contribution >= 0.6 is 0 Å². The van der Waals surface area contributed by atoms with Crippen LogP contribution in [-0.4, -0.2) is 26.1 Å². The first-order valence-corrected chi connectivity index (χ1v) is 9.62. The van der Waals surface area contributed by atoms with E-state index < -0.39 is 8.32 Å². The van der Waals surface area contributed by atoms with Crippen LogP contribution in [0.3, 0.4) is 0 Å². The molecular formula is C15H26O3Si. The van der Waals surface area contributed by atoms with Gasteiger partial charge in [0.1, 0.15) is 17.6 Å². The first-order valence-electron chi connectivity index (χ1n) is 6.71. The van der Waals surface area contributed by atoms with E-state index in [1.54, 1.807) is 18.2 Å². The lowest BCUT2D eigenvalue weighted by atomic mass is 10.2. The van der Waals surface area contributed by atoms with Gasteiger partial charge in [0.05, 0.1) is 6.61 Å². The van der Waals surface area contributed by atoms with Crippen molar-refractivity contribution in [2.75, 3.05) is 6.61 Å². The molecule has 0 radical (unpaired) electrons. The summed E-state index contributed by atoms with van der Waals surface area (Å²) in [5.74, 6) is 0.890. The molecule has 0 saturated carbocycles. The maximum atomic E-state index is 9.39. The van der Waals surface area contributed by atoms with Gasteiger partial charge < -0.3 is 14.3 Å². The van der Waals surface area contributed by atoms with Crippen molar-refractivity contribution in [3.05, 3.63) is 24.3 Å². The van der Waals surface area contributed by atoms with Gasteiger partial charge in [0.2, 0.25) is 0 Å². The van der Waals surface area contributed by atoms with Crippen LogP contribution in [-0.2, 0) is 4.43 Å². The summed E-state index contributed by atoms with van der Waals surface area (Å²) in [6.07, 6.45) is -0.0316. The second-order valence-electron chi connectivity index (χ2n) is 6.50. The van der Waals surface area contributed by atoms with Gasteiger partial charge in [-0.25, -0.2) is 0 Å². The van der Waals surface area contributed by atoms with Crippen LogP contribution in [0.4, 0.5) is 0 Å². The van der Waals surface area contributed by atoms with E-state index in [0.29, 0.717) is 12.4 Å². The van der Waals surface area contributed by atoms with Crippen LogP contribution in [0, 0.1) is 0 Å². The number of hydrogen-bond acceptors (Lipinski definition) is 3. The van der Waals surface area contributed by atoms with E-state index in [-0.39, 0.29) is 16.9 Å². The van der Waals surface area contributed by atoms with E-state index >= 15 is 0 Å². The molecule has 1 rings (SSSR count). The summed E-state index contributed by atoms with van der Waals surface area (Å²) < 4.78 is 11.8. The Morgan fingerprint density at radius 3 is 2.42 bits per heavy atom. The molecule has 4 heteroatoms. The highest BCUT2D eigenvalue weighted by Gasteiger charge is 2.37. The number of phenolic OH excluding ortho intramolecular Hbond substituents is 1. The molecule has 1 atom stereocenters. The Morgan fingerprint density at radius 1 is 1.26 bits per heavy atom. The predicted octanol–water partition coefficient (Wildman–Crippen LogP) is 4.18. The largest absolute Gasteiger partial charge is 0.508 e. The number of hydrogen-bond donors (Lipinski definition) is 1. The molecule has 0 bridgehead atoms. The van der Waals surface area contributed by atoms with Gasteiger partial charge in [0, 0.05) is 6.07 Å². The lowest BCUT2D eigenvalue weighted by Gasteiger charge is -2.36. The minimum Gasteiger partial charge on any atom is -0.508 e. The van der Waals surface area contributed by atoms with Crippen LogP contribution in [0.5, 0.6) is 11.5 Å². The van der Waals surface area contributed by atoms with Gasteiger partial charge >= 0.3 is 0 Å². The van der Waals surface area contributed by atoms with Gasteiger partial charge in [0.25, 0.3) is 0 Å². The molecule has 0 amide bonds. The van der Waals surface area contributed by atoms with Gasteiger partial charge in [-0.3, -0.25) is 0 Å². The Hall–Kier alpha value is -1.00. The van der Waals surface area contributed by atoms with E-state index in [0.717, 1.165) is 0 Å². The summed E-state index contributed by atoms with van der Waals surface area (Å²) in [5.41, 5.74) is 0. The molecule has 108 valence electrons. The Kier molecular flexibility index (Phi) is 5.04. The minimum absolute atomic E-state index is 0.0316. The predicted molar refractivity (Wildman–Crippen MR) is 81.3 cm³/mol. The van der Waals surface area contributed by atoms with Gasteiger partial charge in [-0.05, 0) is 37.2 Å². The third-order valence-electron chi connectivity index (χ3n) is 3.64. The van der Waals surface area contributed by atoms with E-state index in [2.05, 4.69) is 33.9 Å². The smallest absolute Gasteiger partial charge is 0.192 e. The van der Waals surface area contributed by atoms with Gasteiger partial charge in [0.15, 0.2) is 8.32 Å². The second-order valence-corrected chi connectivity index (χ2v) is 11.3. The number of phenols is 1. The van der Waals surface area contributed by atoms with Crippen molar-refractivity contribution in [3.8, 4) is 11.5 Å². The highest BCUT2D eigenvalue weighted by molar-refractivity contribution is 6.74. The van der Waals surface area contributed by atoms with E-state index in [1.165, 1.54) is 0 Å². The van der Waals surface area contributed by atoms with Crippen LogP contribution in [0.2, 0.25) is 18.1 Å². The maximum absolute atomic E-state index is 9.39. The Labute approximate surface area is 117 Å². The van der Waals surface area contributed by atoms with E-state index in [9.17, 15) is 5.11 Å². The van der Waals surface area contributed by atoms with Crippen LogP contribution in [0.15, 0.2) is 24.3 Å². The van der Waals surface area contributed by atoms with Crippen LogP contribution < -0.4 is 4.74 Å². The summed E-state index contributed by atoms with van der Waals surface area (Å²) >= 11 is 0. The molecule has 3 nitrogen and oxygen atoms in total. The van der Waals surface area contributed by atoms with Gasteiger partial charge in [-0.15, -0.1) is 0 Å². The average molecular weight is 282 g/mol. The van der Waals surface area contributed by atoms with Crippen molar-refractivity contribution >= 4 is 8.32 Å². The summed E-state index contributed by atoms with van der Waals surface area (Å²) in [7, 11) is -1.73. The zero-order valence-corrected chi connectivity index (χ0v) is 13.9. The highest BCUT2D eigenvalue weighted by atomic mass is 28.4. The van der Waals surface area contributed by atoms with Crippen LogP contribution in [0.1, 0.15) is 27.7 Å². The first-order chi connectivity index (χ1) is 8.62. The molecule has 1 aromatic carbocycles. The summed E-state index contributed by atoms with van der Waals surface area (Å²) in [4.78, 5) is 0. The minimum atomic E-state index is -1.73. The molecule has 0 unspecified atom stereocenters. The molecule has 19 heavy (non-hydrogen) atoms. The monoisotopic (exact) mass is 282 g/mol. The first kappa shape index (κ1) is 16.1. The molecule has 0 aliphatic rings. The fourth-order valence-electron chi connectivity index (χ4n) is 1.37. The average Bonchev–Trinajstić information content (AvgIpc) is 2.25. The molecule has 0 heterocycles. The fraction of sp³-hybridized carbons (Fsp3) is 0.600. The van der Waals surface area contributed by atoms with Crippen molar-refractivity contribution in [2.45, 2.75) is 51.9 Å². The zero-order chi connectivity index (χ0) is 14.7. The number of aromatic hydroxyl groups is 1.